The summed E-state index contributed by atoms with van der Waals surface area (Å²) < 4.78 is 28.7. The molecular formula is C17H17ClFNO4. The molecule has 0 radical (unpaired) electrons. The van der Waals surface area contributed by atoms with E-state index in [2.05, 4.69) is 5.32 Å². The molecule has 0 saturated heterocycles. The predicted octanol–water partition coefficient (Wildman–Crippen LogP) is 3.43. The van der Waals surface area contributed by atoms with Gasteiger partial charge >= 0.3 is 0 Å². The molecule has 1 N–H and O–H groups in total. The van der Waals surface area contributed by atoms with E-state index in [4.69, 9.17) is 25.8 Å². The molecule has 0 spiro atoms. The summed E-state index contributed by atoms with van der Waals surface area (Å²) in [4.78, 5) is 12.4. The minimum Gasteiger partial charge on any atom is -0.493 e. The summed E-state index contributed by atoms with van der Waals surface area (Å²) in [6.45, 7) is 0.161. The summed E-state index contributed by atoms with van der Waals surface area (Å²) in [6, 6.07) is 7.09. The number of amides is 1. The fourth-order valence-corrected chi connectivity index (χ4v) is 2.39. The van der Waals surface area contributed by atoms with E-state index in [0.717, 1.165) is 0 Å². The Balaban J connectivity index is 2.20. The zero-order chi connectivity index (χ0) is 17.7. The van der Waals surface area contributed by atoms with E-state index in [-0.39, 0.29) is 17.5 Å². The van der Waals surface area contributed by atoms with Crippen LogP contribution in [0.2, 0.25) is 5.02 Å². The van der Waals surface area contributed by atoms with Crippen molar-refractivity contribution in [1.82, 2.24) is 5.32 Å². The Morgan fingerprint density at radius 2 is 1.71 bits per heavy atom. The van der Waals surface area contributed by atoms with Crippen molar-refractivity contribution in [2.75, 3.05) is 21.3 Å². The maximum Gasteiger partial charge on any atom is 0.251 e. The average Bonchev–Trinajstić information content (AvgIpc) is 2.59. The zero-order valence-corrected chi connectivity index (χ0v) is 14.2. The van der Waals surface area contributed by atoms with Crippen molar-refractivity contribution >= 4 is 17.5 Å². The van der Waals surface area contributed by atoms with Crippen LogP contribution in [0.5, 0.6) is 17.2 Å². The summed E-state index contributed by atoms with van der Waals surface area (Å²) >= 11 is 5.95. The third kappa shape index (κ3) is 3.89. The molecule has 0 unspecified atom stereocenters. The molecule has 128 valence electrons. The van der Waals surface area contributed by atoms with Gasteiger partial charge in [-0.25, -0.2) is 4.39 Å². The Hall–Kier alpha value is -2.47. The number of benzene rings is 2. The van der Waals surface area contributed by atoms with E-state index in [1.165, 1.54) is 39.5 Å². The number of halogens is 2. The van der Waals surface area contributed by atoms with Crippen LogP contribution < -0.4 is 19.5 Å². The number of hydrogen-bond donors (Lipinski definition) is 1. The molecule has 0 bridgehead atoms. The Bertz CT molecular complexity index is 726. The highest BCUT2D eigenvalue weighted by Gasteiger charge is 2.17. The molecule has 7 heteroatoms. The maximum atomic E-state index is 13.0. The van der Waals surface area contributed by atoms with Crippen LogP contribution in [0.15, 0.2) is 30.3 Å². The van der Waals surface area contributed by atoms with Crippen molar-refractivity contribution in [3.05, 3.63) is 52.3 Å². The largest absolute Gasteiger partial charge is 0.493 e. The van der Waals surface area contributed by atoms with Gasteiger partial charge in [0.1, 0.15) is 5.82 Å². The first-order valence-electron chi connectivity index (χ1n) is 7.02. The molecule has 0 heterocycles. The lowest BCUT2D eigenvalue weighted by Crippen LogP contribution is -2.23. The lowest BCUT2D eigenvalue weighted by atomic mass is 10.1. The molecule has 0 fully saturated rings. The molecule has 0 aliphatic rings. The number of nitrogens with one attached hydrogen (secondary N) is 1. The Labute approximate surface area is 144 Å². The van der Waals surface area contributed by atoms with Gasteiger partial charge in [-0.2, -0.15) is 0 Å². The van der Waals surface area contributed by atoms with Gasteiger partial charge in [0.05, 0.1) is 21.3 Å². The average molecular weight is 354 g/mol. The highest BCUT2D eigenvalue weighted by atomic mass is 35.5. The first-order chi connectivity index (χ1) is 11.5. The molecule has 0 aromatic heterocycles. The van der Waals surface area contributed by atoms with Crippen molar-refractivity contribution in [2.24, 2.45) is 0 Å². The van der Waals surface area contributed by atoms with Crippen molar-refractivity contribution in [3.8, 4) is 17.2 Å². The number of carbonyl (C=O) groups is 1. The van der Waals surface area contributed by atoms with Gasteiger partial charge in [0, 0.05) is 17.1 Å². The number of methoxy groups -OCH3 is 3. The second kappa shape index (κ2) is 7.88. The molecule has 5 nitrogen and oxygen atoms in total. The van der Waals surface area contributed by atoms with Gasteiger partial charge in [0.25, 0.3) is 5.91 Å². The molecule has 0 atom stereocenters. The first-order valence-corrected chi connectivity index (χ1v) is 7.40. The van der Waals surface area contributed by atoms with Crippen LogP contribution in [-0.4, -0.2) is 27.2 Å². The number of ether oxygens (including phenoxy) is 3. The van der Waals surface area contributed by atoms with Gasteiger partial charge in [-0.15, -0.1) is 0 Å². The van der Waals surface area contributed by atoms with Gasteiger partial charge in [0.2, 0.25) is 5.75 Å². The molecular weight excluding hydrogens is 337 g/mol. The highest BCUT2D eigenvalue weighted by molar-refractivity contribution is 6.31. The molecule has 2 aromatic carbocycles. The van der Waals surface area contributed by atoms with Gasteiger partial charge < -0.3 is 19.5 Å². The van der Waals surface area contributed by atoms with E-state index in [1.54, 1.807) is 12.1 Å². The minimum absolute atomic E-state index is 0.161. The first kappa shape index (κ1) is 17.9. The van der Waals surface area contributed by atoms with Crippen molar-refractivity contribution < 1.29 is 23.4 Å². The summed E-state index contributed by atoms with van der Waals surface area (Å²) in [5.74, 6) is 0.371. The van der Waals surface area contributed by atoms with Crippen LogP contribution in [-0.2, 0) is 6.54 Å². The third-order valence-electron chi connectivity index (χ3n) is 3.38. The summed E-state index contributed by atoms with van der Waals surface area (Å²) in [6.07, 6.45) is 0. The highest BCUT2D eigenvalue weighted by Crippen LogP contribution is 2.38. The van der Waals surface area contributed by atoms with Crippen LogP contribution in [0.4, 0.5) is 4.39 Å². The van der Waals surface area contributed by atoms with Gasteiger partial charge in [-0.1, -0.05) is 17.7 Å². The number of rotatable bonds is 6. The van der Waals surface area contributed by atoms with E-state index in [9.17, 15) is 9.18 Å². The number of hydrogen-bond acceptors (Lipinski definition) is 4. The summed E-state index contributed by atoms with van der Waals surface area (Å²) in [7, 11) is 4.42. The second-order valence-corrected chi connectivity index (χ2v) is 5.24. The standard InChI is InChI=1S/C17H17ClFNO4/c1-22-14-6-11(7-15(23-2)16(14)24-3)17(21)20-9-10-4-5-12(19)8-13(10)18/h4-8H,9H2,1-3H3,(H,20,21). The summed E-state index contributed by atoms with van der Waals surface area (Å²) in [5.41, 5.74) is 0.946. The summed E-state index contributed by atoms with van der Waals surface area (Å²) in [5, 5.41) is 2.97. The van der Waals surface area contributed by atoms with E-state index in [0.29, 0.717) is 28.4 Å². The van der Waals surface area contributed by atoms with Crippen LogP contribution in [0.25, 0.3) is 0 Å². The molecule has 1 amide bonds. The Morgan fingerprint density at radius 3 is 2.21 bits per heavy atom. The lowest BCUT2D eigenvalue weighted by Gasteiger charge is -2.14. The molecule has 24 heavy (non-hydrogen) atoms. The fourth-order valence-electron chi connectivity index (χ4n) is 2.15. The second-order valence-electron chi connectivity index (χ2n) is 4.83. The van der Waals surface area contributed by atoms with Gasteiger partial charge in [-0.3, -0.25) is 4.79 Å². The number of carbonyl (C=O) groups excluding carboxylic acids is 1. The SMILES string of the molecule is COc1cc(C(=O)NCc2ccc(F)cc2Cl)cc(OC)c1OC. The predicted molar refractivity (Wildman–Crippen MR) is 88.7 cm³/mol. The monoisotopic (exact) mass is 353 g/mol. The van der Waals surface area contributed by atoms with Crippen molar-refractivity contribution in [2.45, 2.75) is 6.54 Å². The Morgan fingerprint density at radius 1 is 1.08 bits per heavy atom. The van der Waals surface area contributed by atoms with Crippen LogP contribution in [0, 0.1) is 5.82 Å². The molecule has 0 saturated carbocycles. The maximum absolute atomic E-state index is 13.0. The van der Waals surface area contributed by atoms with E-state index < -0.39 is 5.82 Å². The molecule has 0 aliphatic carbocycles. The van der Waals surface area contributed by atoms with Crippen LogP contribution in [0.3, 0.4) is 0 Å². The minimum atomic E-state index is -0.431. The fraction of sp³-hybridized carbons (Fsp3) is 0.235. The smallest absolute Gasteiger partial charge is 0.251 e. The van der Waals surface area contributed by atoms with Crippen molar-refractivity contribution in [3.63, 3.8) is 0 Å². The van der Waals surface area contributed by atoms with Crippen LogP contribution >= 0.6 is 11.6 Å². The van der Waals surface area contributed by atoms with Crippen molar-refractivity contribution in [1.29, 1.82) is 0 Å². The van der Waals surface area contributed by atoms with E-state index in [1.807, 2.05) is 0 Å². The van der Waals surface area contributed by atoms with E-state index >= 15 is 0 Å². The lowest BCUT2D eigenvalue weighted by molar-refractivity contribution is 0.0950. The van der Waals surface area contributed by atoms with Gasteiger partial charge in [-0.05, 0) is 29.8 Å². The Kier molecular flexibility index (Phi) is 5.87. The van der Waals surface area contributed by atoms with Gasteiger partial charge in [0.15, 0.2) is 11.5 Å². The molecule has 2 rings (SSSR count). The quantitative estimate of drug-likeness (QED) is 0.864. The normalized spacial score (nSPS) is 10.2. The zero-order valence-electron chi connectivity index (χ0n) is 13.5. The molecule has 2 aromatic rings. The molecule has 0 aliphatic heterocycles. The third-order valence-corrected chi connectivity index (χ3v) is 3.73. The topological polar surface area (TPSA) is 56.8 Å². The van der Waals surface area contributed by atoms with Crippen LogP contribution in [0.1, 0.15) is 15.9 Å².